The molecule has 2 fully saturated rings. The third kappa shape index (κ3) is 0.871. The van der Waals surface area contributed by atoms with E-state index in [-0.39, 0.29) is 19.0 Å². The van der Waals surface area contributed by atoms with Gasteiger partial charge >= 0.3 is 0 Å². The van der Waals surface area contributed by atoms with Crippen molar-refractivity contribution in [3.8, 4) is 0 Å². The quantitative estimate of drug-likeness (QED) is 0.572. The third-order valence-corrected chi connectivity index (χ3v) is 3.34. The lowest BCUT2D eigenvalue weighted by molar-refractivity contribution is -0.122. The Hall–Kier alpha value is 0.230. The summed E-state index contributed by atoms with van der Waals surface area (Å²) < 4.78 is 10.4. The summed E-state index contributed by atoms with van der Waals surface area (Å²) in [4.78, 5) is 0. The number of hydrogen-bond donors (Lipinski definition) is 1. The summed E-state index contributed by atoms with van der Waals surface area (Å²) in [6.07, 6.45) is -0.0629. The number of hydrogen-bond acceptors (Lipinski definition) is 4. The zero-order valence-electron chi connectivity index (χ0n) is 5.69. The van der Waals surface area contributed by atoms with E-state index in [0.717, 1.165) is 0 Å². The van der Waals surface area contributed by atoms with Gasteiger partial charge in [-0.15, -0.1) is 11.8 Å². The van der Waals surface area contributed by atoms with E-state index in [0.29, 0.717) is 10.5 Å². The van der Waals surface area contributed by atoms with Gasteiger partial charge in [0.2, 0.25) is 0 Å². The predicted molar refractivity (Wildman–Crippen MR) is 37.9 cm³/mol. The highest BCUT2D eigenvalue weighted by Crippen LogP contribution is 2.53. The van der Waals surface area contributed by atoms with E-state index in [1.54, 1.807) is 7.11 Å². The first-order chi connectivity index (χ1) is 4.86. The molecule has 0 aromatic rings. The van der Waals surface area contributed by atoms with E-state index in [2.05, 4.69) is 0 Å². The summed E-state index contributed by atoms with van der Waals surface area (Å²) in [5, 5.41) is 9.77. The van der Waals surface area contributed by atoms with Crippen molar-refractivity contribution in [1.29, 1.82) is 0 Å². The first-order valence-electron chi connectivity index (χ1n) is 3.31. The minimum atomic E-state index is -0.0767. The zero-order valence-corrected chi connectivity index (χ0v) is 6.50. The Morgan fingerprint density at radius 1 is 1.60 bits per heavy atom. The first-order valence-corrected chi connectivity index (χ1v) is 4.25. The van der Waals surface area contributed by atoms with E-state index in [1.165, 1.54) is 0 Å². The second-order valence-corrected chi connectivity index (χ2v) is 3.89. The summed E-state index contributed by atoms with van der Waals surface area (Å²) in [5.41, 5.74) is 0. The molecule has 4 unspecified atom stereocenters. The van der Waals surface area contributed by atoms with Gasteiger partial charge in [-0.3, -0.25) is 0 Å². The number of thioether (sulfide) groups is 1. The average Bonchev–Trinajstić information content (AvgIpc) is 2.67. The van der Waals surface area contributed by atoms with E-state index >= 15 is 0 Å². The van der Waals surface area contributed by atoms with Gasteiger partial charge in [0.1, 0.15) is 0 Å². The van der Waals surface area contributed by atoms with Crippen molar-refractivity contribution in [2.45, 2.75) is 22.9 Å². The van der Waals surface area contributed by atoms with Crippen LogP contribution in [0.1, 0.15) is 0 Å². The van der Waals surface area contributed by atoms with E-state index < -0.39 is 0 Å². The SMILES string of the molecule is COC1OC(CO)C2SC12. The van der Waals surface area contributed by atoms with Crippen molar-refractivity contribution in [2.24, 2.45) is 0 Å². The van der Waals surface area contributed by atoms with Crippen LogP contribution in [0.5, 0.6) is 0 Å². The molecule has 0 bridgehead atoms. The molecule has 0 spiro atoms. The average molecular weight is 162 g/mol. The molecule has 10 heavy (non-hydrogen) atoms. The fourth-order valence-electron chi connectivity index (χ4n) is 1.32. The Bertz CT molecular complexity index is 127. The number of ether oxygens (including phenoxy) is 2. The van der Waals surface area contributed by atoms with E-state index in [9.17, 15) is 0 Å². The fourth-order valence-corrected chi connectivity index (χ4v) is 2.52. The molecule has 0 radical (unpaired) electrons. The van der Waals surface area contributed by atoms with Crippen molar-refractivity contribution in [3.63, 3.8) is 0 Å². The highest BCUT2D eigenvalue weighted by Gasteiger charge is 2.57. The van der Waals surface area contributed by atoms with Gasteiger partial charge in [0.05, 0.1) is 23.2 Å². The van der Waals surface area contributed by atoms with Crippen LogP contribution in [0.3, 0.4) is 0 Å². The minimum absolute atomic E-state index is 0.0138. The van der Waals surface area contributed by atoms with Gasteiger partial charge in [-0.2, -0.15) is 0 Å². The van der Waals surface area contributed by atoms with Crippen molar-refractivity contribution in [2.75, 3.05) is 13.7 Å². The molecule has 2 rings (SSSR count). The van der Waals surface area contributed by atoms with Gasteiger partial charge in [-0.25, -0.2) is 0 Å². The van der Waals surface area contributed by atoms with Crippen molar-refractivity contribution >= 4 is 11.8 Å². The molecule has 0 aromatic heterocycles. The van der Waals surface area contributed by atoms with Crippen LogP contribution < -0.4 is 0 Å². The number of fused-ring (bicyclic) bond motifs is 1. The smallest absolute Gasteiger partial charge is 0.170 e. The monoisotopic (exact) mass is 162 g/mol. The second kappa shape index (κ2) is 2.37. The van der Waals surface area contributed by atoms with Crippen LogP contribution in [0.15, 0.2) is 0 Å². The lowest BCUT2D eigenvalue weighted by Crippen LogP contribution is -2.21. The van der Waals surface area contributed by atoms with Crippen LogP contribution in [-0.2, 0) is 9.47 Å². The predicted octanol–water partition coefficient (Wildman–Crippen LogP) is -0.166. The maximum absolute atomic E-state index is 8.78. The lowest BCUT2D eigenvalue weighted by atomic mass is 10.2. The van der Waals surface area contributed by atoms with Gasteiger partial charge in [-0.1, -0.05) is 0 Å². The molecule has 0 saturated carbocycles. The topological polar surface area (TPSA) is 38.7 Å². The molecule has 2 heterocycles. The molecule has 0 aromatic carbocycles. The molecule has 3 nitrogen and oxygen atoms in total. The summed E-state index contributed by atoms with van der Waals surface area (Å²) in [5.74, 6) is 0. The van der Waals surface area contributed by atoms with Crippen LogP contribution in [-0.4, -0.2) is 41.7 Å². The number of rotatable bonds is 2. The molecular weight excluding hydrogens is 152 g/mol. The molecule has 2 aliphatic heterocycles. The summed E-state index contributed by atoms with van der Waals surface area (Å²) in [6, 6.07) is 0. The van der Waals surface area contributed by atoms with Crippen molar-refractivity contribution < 1.29 is 14.6 Å². The standard InChI is InChI=1S/C6H10O3S/c1-8-6-5-4(10-5)3(2-7)9-6/h3-7H,2H2,1H3. The van der Waals surface area contributed by atoms with E-state index in [4.69, 9.17) is 14.6 Å². The largest absolute Gasteiger partial charge is 0.394 e. The van der Waals surface area contributed by atoms with Gasteiger partial charge in [-0.05, 0) is 0 Å². The van der Waals surface area contributed by atoms with Crippen LogP contribution in [0.4, 0.5) is 0 Å². The molecular formula is C6H10O3S. The highest BCUT2D eigenvalue weighted by atomic mass is 32.2. The normalized spacial score (nSPS) is 51.0. The summed E-state index contributed by atoms with van der Waals surface area (Å²) in [7, 11) is 1.64. The minimum Gasteiger partial charge on any atom is -0.394 e. The van der Waals surface area contributed by atoms with Gasteiger partial charge in [0.15, 0.2) is 6.29 Å². The maximum Gasteiger partial charge on any atom is 0.170 e. The highest BCUT2D eigenvalue weighted by molar-refractivity contribution is 8.07. The van der Waals surface area contributed by atoms with Crippen LogP contribution in [0, 0.1) is 0 Å². The van der Waals surface area contributed by atoms with Gasteiger partial charge in [0, 0.05) is 7.11 Å². The molecule has 2 aliphatic rings. The Labute approximate surface area is 63.7 Å². The van der Waals surface area contributed by atoms with Crippen LogP contribution >= 0.6 is 11.8 Å². The Kier molecular flexibility index (Phi) is 1.64. The molecule has 2 saturated heterocycles. The molecule has 58 valence electrons. The number of methoxy groups -OCH3 is 1. The van der Waals surface area contributed by atoms with E-state index in [1.807, 2.05) is 11.8 Å². The molecule has 0 aliphatic carbocycles. The second-order valence-electron chi connectivity index (χ2n) is 2.53. The molecule has 1 N–H and O–H groups in total. The first kappa shape index (κ1) is 6.91. The Balaban J connectivity index is 1.95. The molecule has 4 atom stereocenters. The zero-order chi connectivity index (χ0) is 7.14. The van der Waals surface area contributed by atoms with Gasteiger partial charge < -0.3 is 14.6 Å². The Morgan fingerprint density at radius 2 is 2.40 bits per heavy atom. The van der Waals surface area contributed by atoms with Gasteiger partial charge in [0.25, 0.3) is 0 Å². The number of aliphatic hydroxyl groups excluding tert-OH is 1. The lowest BCUT2D eigenvalue weighted by Gasteiger charge is -2.13. The summed E-state index contributed by atoms with van der Waals surface area (Å²) >= 11 is 1.83. The van der Waals surface area contributed by atoms with Crippen molar-refractivity contribution in [3.05, 3.63) is 0 Å². The molecule has 0 amide bonds. The maximum atomic E-state index is 8.78. The Morgan fingerprint density at radius 3 is 2.80 bits per heavy atom. The number of aliphatic hydroxyl groups is 1. The molecule has 4 heteroatoms. The van der Waals surface area contributed by atoms with Crippen molar-refractivity contribution in [1.82, 2.24) is 0 Å². The summed E-state index contributed by atoms with van der Waals surface area (Å²) in [6.45, 7) is 0.119. The third-order valence-electron chi connectivity index (χ3n) is 1.92. The van der Waals surface area contributed by atoms with Crippen LogP contribution in [0.2, 0.25) is 0 Å². The van der Waals surface area contributed by atoms with Crippen LogP contribution in [0.25, 0.3) is 0 Å². The fraction of sp³-hybridized carbons (Fsp3) is 1.00.